The Balaban J connectivity index is 2.36. The van der Waals surface area contributed by atoms with Crippen molar-refractivity contribution in [1.82, 2.24) is 15.1 Å². The minimum Gasteiger partial charge on any atom is -0.310 e. The lowest BCUT2D eigenvalue weighted by Crippen LogP contribution is -2.22. The molecule has 0 fully saturated rings. The van der Waals surface area contributed by atoms with E-state index < -0.39 is 0 Å². The average Bonchev–Trinajstić information content (AvgIpc) is 2.81. The van der Waals surface area contributed by atoms with Crippen LogP contribution in [0.3, 0.4) is 0 Å². The Morgan fingerprint density at radius 3 is 2.35 bits per heavy atom. The van der Waals surface area contributed by atoms with E-state index >= 15 is 0 Å². The molecule has 1 aromatic carbocycles. The number of halogens is 1. The topological polar surface area (TPSA) is 29.9 Å². The summed E-state index contributed by atoms with van der Waals surface area (Å²) in [7, 11) is 0. The number of hydrogen-bond acceptors (Lipinski definition) is 2. The van der Waals surface area contributed by atoms with Crippen molar-refractivity contribution in [3.8, 4) is 5.69 Å². The Labute approximate surface area is 119 Å². The van der Waals surface area contributed by atoms with Gasteiger partial charge in [0.25, 0.3) is 0 Å². The molecule has 0 aliphatic rings. The molecule has 0 amide bonds. The van der Waals surface area contributed by atoms with Crippen molar-refractivity contribution >= 4 is 0 Å². The summed E-state index contributed by atoms with van der Waals surface area (Å²) in [6.07, 6.45) is 1.90. The van der Waals surface area contributed by atoms with Gasteiger partial charge in [-0.25, -0.2) is 9.07 Å². The fourth-order valence-electron chi connectivity index (χ4n) is 2.25. The van der Waals surface area contributed by atoms with Crippen molar-refractivity contribution in [1.29, 1.82) is 0 Å². The van der Waals surface area contributed by atoms with Gasteiger partial charge < -0.3 is 5.32 Å². The minimum atomic E-state index is -0.228. The molecule has 0 spiro atoms. The molecule has 0 atom stereocenters. The standard InChI is InChI=1S/C16H22FN3/c1-11(2)16-13(9-18-12(3)4)10-19-20(16)15-7-5-14(17)6-8-15/h5-8,10-12,18H,9H2,1-4H3. The van der Waals surface area contributed by atoms with Crippen LogP contribution in [-0.2, 0) is 6.54 Å². The second kappa shape index (κ2) is 6.18. The first-order chi connectivity index (χ1) is 9.49. The summed E-state index contributed by atoms with van der Waals surface area (Å²) in [6, 6.07) is 6.88. The lowest BCUT2D eigenvalue weighted by atomic mass is 10.1. The van der Waals surface area contributed by atoms with E-state index in [0.29, 0.717) is 12.0 Å². The normalized spacial score (nSPS) is 11.6. The van der Waals surface area contributed by atoms with Crippen LogP contribution in [-0.4, -0.2) is 15.8 Å². The van der Waals surface area contributed by atoms with Crippen molar-refractivity contribution in [2.24, 2.45) is 0 Å². The van der Waals surface area contributed by atoms with Crippen LogP contribution in [0.1, 0.15) is 44.9 Å². The maximum absolute atomic E-state index is 13.0. The van der Waals surface area contributed by atoms with Crippen LogP contribution in [0.4, 0.5) is 4.39 Å². The van der Waals surface area contributed by atoms with E-state index in [1.807, 2.05) is 10.9 Å². The smallest absolute Gasteiger partial charge is 0.123 e. The highest BCUT2D eigenvalue weighted by Gasteiger charge is 2.15. The molecule has 4 heteroatoms. The Hall–Kier alpha value is -1.68. The van der Waals surface area contributed by atoms with Gasteiger partial charge in [0.05, 0.1) is 17.6 Å². The van der Waals surface area contributed by atoms with Crippen LogP contribution in [0.15, 0.2) is 30.5 Å². The van der Waals surface area contributed by atoms with Crippen molar-refractivity contribution in [2.75, 3.05) is 0 Å². The first-order valence-electron chi connectivity index (χ1n) is 7.05. The van der Waals surface area contributed by atoms with Crippen LogP contribution in [0, 0.1) is 5.82 Å². The first-order valence-corrected chi connectivity index (χ1v) is 7.05. The van der Waals surface area contributed by atoms with Gasteiger partial charge >= 0.3 is 0 Å². The average molecular weight is 275 g/mol. The SMILES string of the molecule is CC(C)NCc1cnn(-c2ccc(F)cc2)c1C(C)C. The van der Waals surface area contributed by atoms with Crippen molar-refractivity contribution in [3.05, 3.63) is 47.5 Å². The van der Waals surface area contributed by atoms with Gasteiger partial charge in [0, 0.05) is 18.2 Å². The molecule has 0 aliphatic carbocycles. The zero-order valence-corrected chi connectivity index (χ0v) is 12.5. The largest absolute Gasteiger partial charge is 0.310 e. The molecule has 0 saturated carbocycles. The molecule has 2 aromatic rings. The lowest BCUT2D eigenvalue weighted by Gasteiger charge is -2.14. The van der Waals surface area contributed by atoms with Crippen LogP contribution < -0.4 is 5.32 Å². The van der Waals surface area contributed by atoms with Gasteiger partial charge in [-0.2, -0.15) is 5.10 Å². The molecule has 0 saturated heterocycles. The van der Waals surface area contributed by atoms with Gasteiger partial charge in [0.15, 0.2) is 0 Å². The molecular weight excluding hydrogens is 253 g/mol. The van der Waals surface area contributed by atoms with E-state index in [1.165, 1.54) is 23.4 Å². The molecule has 108 valence electrons. The highest BCUT2D eigenvalue weighted by atomic mass is 19.1. The van der Waals surface area contributed by atoms with Gasteiger partial charge in [0.1, 0.15) is 5.82 Å². The number of rotatable bonds is 5. The van der Waals surface area contributed by atoms with Crippen LogP contribution in [0.2, 0.25) is 0 Å². The molecule has 0 bridgehead atoms. The van der Waals surface area contributed by atoms with E-state index in [2.05, 4.69) is 38.1 Å². The van der Waals surface area contributed by atoms with E-state index in [9.17, 15) is 4.39 Å². The summed E-state index contributed by atoms with van der Waals surface area (Å²) in [5, 5.41) is 7.89. The molecule has 20 heavy (non-hydrogen) atoms. The predicted octanol–water partition coefficient (Wildman–Crippen LogP) is 3.63. The molecule has 0 unspecified atom stereocenters. The minimum absolute atomic E-state index is 0.228. The molecule has 1 heterocycles. The second-order valence-corrected chi connectivity index (χ2v) is 5.63. The number of nitrogens with zero attached hydrogens (tertiary/aromatic N) is 2. The second-order valence-electron chi connectivity index (χ2n) is 5.63. The number of hydrogen-bond donors (Lipinski definition) is 1. The molecule has 1 aromatic heterocycles. The van der Waals surface area contributed by atoms with Crippen molar-refractivity contribution < 1.29 is 4.39 Å². The van der Waals surface area contributed by atoms with Gasteiger partial charge in [0.2, 0.25) is 0 Å². The zero-order chi connectivity index (χ0) is 14.7. The Morgan fingerprint density at radius 2 is 1.80 bits per heavy atom. The Morgan fingerprint density at radius 1 is 1.15 bits per heavy atom. The van der Waals surface area contributed by atoms with Gasteiger partial charge in [-0.15, -0.1) is 0 Å². The molecular formula is C16H22FN3. The third kappa shape index (κ3) is 3.25. The van der Waals surface area contributed by atoms with Crippen LogP contribution >= 0.6 is 0 Å². The van der Waals surface area contributed by atoms with Crippen molar-refractivity contribution in [2.45, 2.75) is 46.2 Å². The maximum Gasteiger partial charge on any atom is 0.123 e. The summed E-state index contributed by atoms with van der Waals surface area (Å²) in [4.78, 5) is 0. The quantitative estimate of drug-likeness (QED) is 0.903. The number of benzene rings is 1. The molecule has 0 aliphatic heterocycles. The van der Waals surface area contributed by atoms with E-state index in [1.54, 1.807) is 12.1 Å². The first kappa shape index (κ1) is 14.7. The van der Waals surface area contributed by atoms with Gasteiger partial charge in [-0.1, -0.05) is 27.7 Å². The van der Waals surface area contributed by atoms with Crippen LogP contribution in [0.25, 0.3) is 5.69 Å². The zero-order valence-electron chi connectivity index (χ0n) is 12.5. The molecule has 0 radical (unpaired) electrons. The Bertz CT molecular complexity index is 556. The summed E-state index contributed by atoms with van der Waals surface area (Å²) < 4.78 is 14.9. The monoisotopic (exact) mass is 275 g/mol. The maximum atomic E-state index is 13.0. The fourth-order valence-corrected chi connectivity index (χ4v) is 2.25. The van der Waals surface area contributed by atoms with Gasteiger partial charge in [-0.05, 0) is 30.2 Å². The molecule has 1 N–H and O–H groups in total. The predicted molar refractivity (Wildman–Crippen MR) is 79.6 cm³/mol. The number of nitrogens with one attached hydrogen (secondary N) is 1. The van der Waals surface area contributed by atoms with Crippen molar-refractivity contribution in [3.63, 3.8) is 0 Å². The van der Waals surface area contributed by atoms with Gasteiger partial charge in [-0.3, -0.25) is 0 Å². The lowest BCUT2D eigenvalue weighted by molar-refractivity contribution is 0.582. The summed E-state index contributed by atoms with van der Waals surface area (Å²) in [6.45, 7) is 9.34. The highest BCUT2D eigenvalue weighted by Crippen LogP contribution is 2.23. The summed E-state index contributed by atoms with van der Waals surface area (Å²) in [5.41, 5.74) is 3.26. The number of aromatic nitrogens is 2. The fraction of sp³-hybridized carbons (Fsp3) is 0.438. The van der Waals surface area contributed by atoms with Crippen LogP contribution in [0.5, 0.6) is 0 Å². The highest BCUT2D eigenvalue weighted by molar-refractivity contribution is 5.36. The van der Waals surface area contributed by atoms with E-state index in [4.69, 9.17) is 0 Å². The molecule has 2 rings (SSSR count). The molecule has 3 nitrogen and oxygen atoms in total. The third-order valence-electron chi connectivity index (χ3n) is 3.21. The Kier molecular flexibility index (Phi) is 4.55. The van der Waals surface area contributed by atoms with E-state index in [0.717, 1.165) is 12.2 Å². The summed E-state index contributed by atoms with van der Waals surface area (Å²) >= 11 is 0. The third-order valence-corrected chi connectivity index (χ3v) is 3.21. The van der Waals surface area contributed by atoms with E-state index in [-0.39, 0.29) is 5.82 Å². The summed E-state index contributed by atoms with van der Waals surface area (Å²) in [5.74, 6) is 0.125.